The zero-order valence-electron chi connectivity index (χ0n) is 13.8. The number of nitrogens with one attached hydrogen (secondary N) is 1. The summed E-state index contributed by atoms with van der Waals surface area (Å²) in [5.41, 5.74) is 0.586. The van der Waals surface area contributed by atoms with Gasteiger partial charge in [0.25, 0.3) is 5.56 Å². The first-order chi connectivity index (χ1) is 10.7. The molecule has 0 unspecified atom stereocenters. The molecule has 6 nitrogen and oxygen atoms in total. The van der Waals surface area contributed by atoms with Gasteiger partial charge in [-0.25, -0.2) is 9.97 Å². The molecular formula is C15H25N5OS. The van der Waals surface area contributed by atoms with E-state index in [1.807, 2.05) is 27.2 Å². The van der Waals surface area contributed by atoms with Crippen molar-refractivity contribution < 1.29 is 0 Å². The molecule has 1 fully saturated rings. The van der Waals surface area contributed by atoms with E-state index in [1.54, 1.807) is 4.68 Å². The average molecular weight is 323 g/mol. The fraction of sp³-hybridized carbons (Fsp3) is 0.667. The summed E-state index contributed by atoms with van der Waals surface area (Å²) < 4.78 is 1.68. The van der Waals surface area contributed by atoms with Gasteiger partial charge in [0.15, 0.2) is 10.8 Å². The Labute approximate surface area is 135 Å². The molecule has 3 rings (SSSR count). The number of aromatic nitrogens is 4. The number of H-pyrrole nitrogens is 1. The number of anilines is 1. The van der Waals surface area contributed by atoms with E-state index in [1.165, 1.54) is 24.6 Å². The average Bonchev–Trinajstić information content (AvgIpc) is 2.76. The molecular weight excluding hydrogens is 298 g/mol. The highest BCUT2D eigenvalue weighted by atomic mass is 32.2. The molecule has 0 aromatic carbocycles. The lowest BCUT2D eigenvalue weighted by Gasteiger charge is -2.22. The molecule has 2 aromatic rings. The van der Waals surface area contributed by atoms with Crippen LogP contribution in [0.4, 0.5) is 5.82 Å². The van der Waals surface area contributed by atoms with E-state index < -0.39 is 0 Å². The Balaban J connectivity index is 0.000000847. The van der Waals surface area contributed by atoms with Gasteiger partial charge < -0.3 is 4.90 Å². The van der Waals surface area contributed by atoms with Gasteiger partial charge in [-0.2, -0.15) is 0 Å². The summed E-state index contributed by atoms with van der Waals surface area (Å²) in [4.78, 5) is 23.5. The predicted octanol–water partition coefficient (Wildman–Crippen LogP) is 2.79. The molecule has 0 aliphatic carbocycles. The number of fused-ring (bicyclic) bond motifs is 1. The van der Waals surface area contributed by atoms with Gasteiger partial charge in [-0.1, -0.05) is 38.5 Å². The van der Waals surface area contributed by atoms with E-state index in [4.69, 9.17) is 0 Å². The highest BCUT2D eigenvalue weighted by molar-refractivity contribution is 7.98. The first-order valence-corrected chi connectivity index (χ1v) is 9.19. The first-order valence-electron chi connectivity index (χ1n) is 7.96. The third-order valence-corrected chi connectivity index (χ3v) is 4.30. The van der Waals surface area contributed by atoms with Crippen molar-refractivity contribution in [1.29, 1.82) is 0 Å². The number of hydrogen-bond donors (Lipinski definition) is 1. The summed E-state index contributed by atoms with van der Waals surface area (Å²) in [5, 5.41) is 4.12. The normalized spacial score (nSPS) is 15.4. The topological polar surface area (TPSA) is 66.8 Å². The lowest BCUT2D eigenvalue weighted by Crippen LogP contribution is -2.26. The van der Waals surface area contributed by atoms with Crippen molar-refractivity contribution in [3.63, 3.8) is 0 Å². The van der Waals surface area contributed by atoms with Crippen molar-refractivity contribution >= 4 is 28.6 Å². The summed E-state index contributed by atoms with van der Waals surface area (Å²) >= 11 is 1.51. The SMILES string of the molecule is CC.CSc1nc(N2CCCCCC2)c2c(=O)[nH]n(C)c2n1. The third kappa shape index (κ3) is 3.29. The smallest absolute Gasteiger partial charge is 0.277 e. The highest BCUT2D eigenvalue weighted by Crippen LogP contribution is 2.25. The second-order valence-corrected chi connectivity index (χ2v) is 5.91. The van der Waals surface area contributed by atoms with E-state index in [-0.39, 0.29) is 5.56 Å². The fourth-order valence-corrected chi connectivity index (χ4v) is 3.08. The second-order valence-electron chi connectivity index (χ2n) is 5.13. The molecule has 0 amide bonds. The maximum absolute atomic E-state index is 12.2. The van der Waals surface area contributed by atoms with Crippen molar-refractivity contribution in [2.24, 2.45) is 7.05 Å². The van der Waals surface area contributed by atoms with Crippen LogP contribution in [0.1, 0.15) is 39.5 Å². The van der Waals surface area contributed by atoms with Gasteiger partial charge in [-0.3, -0.25) is 14.6 Å². The number of aryl methyl sites for hydroxylation is 1. The zero-order chi connectivity index (χ0) is 16.1. The lowest BCUT2D eigenvalue weighted by atomic mass is 10.2. The van der Waals surface area contributed by atoms with E-state index in [0.717, 1.165) is 31.7 Å². The minimum Gasteiger partial charge on any atom is -0.356 e. The van der Waals surface area contributed by atoms with Crippen molar-refractivity contribution in [3.05, 3.63) is 10.4 Å². The predicted molar refractivity (Wildman–Crippen MR) is 92.9 cm³/mol. The number of aromatic amines is 1. The Hall–Kier alpha value is -1.50. The Morgan fingerprint density at radius 3 is 2.32 bits per heavy atom. The van der Waals surface area contributed by atoms with Crippen LogP contribution in [-0.4, -0.2) is 39.1 Å². The third-order valence-electron chi connectivity index (χ3n) is 3.75. The summed E-state index contributed by atoms with van der Waals surface area (Å²) in [6, 6.07) is 0. The lowest BCUT2D eigenvalue weighted by molar-refractivity contribution is 0.726. The maximum atomic E-state index is 12.2. The molecule has 0 radical (unpaired) electrons. The van der Waals surface area contributed by atoms with Crippen molar-refractivity contribution in [2.45, 2.75) is 44.7 Å². The highest BCUT2D eigenvalue weighted by Gasteiger charge is 2.20. The van der Waals surface area contributed by atoms with Crippen molar-refractivity contribution in [1.82, 2.24) is 19.7 Å². The zero-order valence-corrected chi connectivity index (χ0v) is 14.7. The molecule has 0 spiro atoms. The minimum absolute atomic E-state index is 0.102. The molecule has 7 heteroatoms. The Bertz CT molecular complexity index is 670. The van der Waals surface area contributed by atoms with Crippen LogP contribution in [-0.2, 0) is 7.05 Å². The van der Waals surface area contributed by atoms with Gasteiger partial charge in [0.1, 0.15) is 11.2 Å². The summed E-state index contributed by atoms with van der Waals surface area (Å²) in [7, 11) is 1.81. The number of thioether (sulfide) groups is 1. The molecule has 3 heterocycles. The molecule has 0 atom stereocenters. The summed E-state index contributed by atoms with van der Waals surface area (Å²) in [5.74, 6) is 0.795. The van der Waals surface area contributed by atoms with Crippen LogP contribution in [0.25, 0.3) is 11.0 Å². The van der Waals surface area contributed by atoms with Crippen LogP contribution in [0.5, 0.6) is 0 Å². The Kier molecular flexibility index (Phi) is 5.88. The minimum atomic E-state index is -0.102. The first kappa shape index (κ1) is 16.9. The van der Waals surface area contributed by atoms with Crippen LogP contribution in [0.3, 0.4) is 0 Å². The van der Waals surface area contributed by atoms with Gasteiger partial charge in [0, 0.05) is 20.1 Å². The molecule has 1 N–H and O–H groups in total. The van der Waals surface area contributed by atoms with Crippen LogP contribution in [0, 0.1) is 0 Å². The van der Waals surface area contributed by atoms with Gasteiger partial charge in [-0.05, 0) is 19.1 Å². The van der Waals surface area contributed by atoms with E-state index in [2.05, 4.69) is 20.0 Å². The molecule has 2 aromatic heterocycles. The monoisotopic (exact) mass is 323 g/mol. The van der Waals surface area contributed by atoms with Gasteiger partial charge in [0.05, 0.1) is 0 Å². The van der Waals surface area contributed by atoms with E-state index in [0.29, 0.717) is 16.2 Å². The Morgan fingerprint density at radius 2 is 1.73 bits per heavy atom. The quantitative estimate of drug-likeness (QED) is 0.680. The van der Waals surface area contributed by atoms with Crippen molar-refractivity contribution in [2.75, 3.05) is 24.2 Å². The molecule has 22 heavy (non-hydrogen) atoms. The molecule has 1 aliphatic rings. The largest absolute Gasteiger partial charge is 0.356 e. The molecule has 1 aliphatic heterocycles. The molecule has 1 saturated heterocycles. The van der Waals surface area contributed by atoms with E-state index in [9.17, 15) is 4.79 Å². The van der Waals surface area contributed by atoms with Crippen LogP contribution >= 0.6 is 11.8 Å². The summed E-state index contributed by atoms with van der Waals surface area (Å²) in [6.45, 7) is 5.93. The van der Waals surface area contributed by atoms with Crippen LogP contribution < -0.4 is 10.5 Å². The van der Waals surface area contributed by atoms with Crippen molar-refractivity contribution in [3.8, 4) is 0 Å². The number of hydrogen-bond acceptors (Lipinski definition) is 5. The van der Waals surface area contributed by atoms with Gasteiger partial charge in [-0.15, -0.1) is 0 Å². The Morgan fingerprint density at radius 1 is 1.09 bits per heavy atom. The molecule has 0 saturated carbocycles. The molecule has 0 bridgehead atoms. The van der Waals surface area contributed by atoms with Gasteiger partial charge >= 0.3 is 0 Å². The molecule has 122 valence electrons. The van der Waals surface area contributed by atoms with Crippen LogP contribution in [0.15, 0.2) is 9.95 Å². The van der Waals surface area contributed by atoms with Gasteiger partial charge in [0.2, 0.25) is 0 Å². The fourth-order valence-electron chi connectivity index (χ4n) is 2.73. The standard InChI is InChI=1S/C13H19N5OS.C2H6/c1-17-10-9(12(19)16-17)11(15-13(14-10)20-2)18-7-5-3-4-6-8-18;1-2/h3-8H2,1-2H3,(H,16,19);1-2H3. The van der Waals surface area contributed by atoms with Crippen LogP contribution in [0.2, 0.25) is 0 Å². The number of rotatable bonds is 2. The maximum Gasteiger partial charge on any atom is 0.277 e. The second kappa shape index (κ2) is 7.67. The van der Waals surface area contributed by atoms with E-state index >= 15 is 0 Å². The summed E-state index contributed by atoms with van der Waals surface area (Å²) in [6.07, 6.45) is 6.78. The number of nitrogens with zero attached hydrogens (tertiary/aromatic N) is 4.